The summed E-state index contributed by atoms with van der Waals surface area (Å²) in [7, 11) is 0. The highest BCUT2D eigenvalue weighted by molar-refractivity contribution is 9.10. The Morgan fingerprint density at radius 2 is 2.25 bits per heavy atom. The molecule has 0 aliphatic rings. The Balaban J connectivity index is 2.24. The summed E-state index contributed by atoms with van der Waals surface area (Å²) in [4.78, 5) is 11.7. The molecule has 0 amide bonds. The molecular weight excluding hydrogens is 272 g/mol. The van der Waals surface area contributed by atoms with Crippen LogP contribution in [0.15, 0.2) is 35.2 Å². The van der Waals surface area contributed by atoms with Gasteiger partial charge in [-0.25, -0.2) is 4.98 Å². The number of hydrogen-bond donors (Lipinski definition) is 0. The normalized spacial score (nSPS) is 9.50. The largest absolute Gasteiger partial charge is 0.423 e. The van der Waals surface area contributed by atoms with Gasteiger partial charge in [-0.1, -0.05) is 0 Å². The number of nitriles is 1. The zero-order chi connectivity index (χ0) is 11.4. The molecule has 0 spiro atoms. The molecule has 0 saturated heterocycles. The maximum atomic E-state index is 8.66. The lowest BCUT2D eigenvalue weighted by atomic mass is 10.4. The first-order valence-electron chi connectivity index (χ1n) is 4.29. The van der Waals surface area contributed by atoms with Crippen LogP contribution in [0, 0.1) is 11.3 Å². The van der Waals surface area contributed by atoms with Crippen LogP contribution < -0.4 is 4.74 Å². The molecule has 0 aliphatic carbocycles. The van der Waals surface area contributed by atoms with Gasteiger partial charge in [0.25, 0.3) is 0 Å². The lowest BCUT2D eigenvalue weighted by Gasteiger charge is -2.02. The molecule has 0 unspecified atom stereocenters. The summed E-state index contributed by atoms with van der Waals surface area (Å²) in [6.07, 6.45) is 4.64. The number of hydrogen-bond acceptors (Lipinski definition) is 5. The van der Waals surface area contributed by atoms with E-state index < -0.39 is 0 Å². The van der Waals surface area contributed by atoms with E-state index in [2.05, 4.69) is 30.9 Å². The van der Waals surface area contributed by atoms with Crippen molar-refractivity contribution in [3.05, 3.63) is 40.9 Å². The fourth-order valence-electron chi connectivity index (χ4n) is 1.01. The molecule has 2 heterocycles. The minimum Gasteiger partial charge on any atom is -0.423 e. The van der Waals surface area contributed by atoms with Crippen molar-refractivity contribution in [2.75, 3.05) is 0 Å². The monoisotopic (exact) mass is 276 g/mol. The van der Waals surface area contributed by atoms with Crippen LogP contribution in [-0.4, -0.2) is 15.0 Å². The van der Waals surface area contributed by atoms with E-state index in [1.54, 1.807) is 12.3 Å². The van der Waals surface area contributed by atoms with E-state index >= 15 is 0 Å². The minimum atomic E-state index is 0.124. The van der Waals surface area contributed by atoms with Crippen LogP contribution in [0.4, 0.5) is 0 Å². The van der Waals surface area contributed by atoms with Gasteiger partial charge in [-0.15, -0.1) is 0 Å². The first kappa shape index (κ1) is 10.5. The maximum absolute atomic E-state index is 8.66. The van der Waals surface area contributed by atoms with Crippen molar-refractivity contribution in [3.63, 3.8) is 0 Å². The molecule has 6 heteroatoms. The van der Waals surface area contributed by atoms with Crippen molar-refractivity contribution in [2.24, 2.45) is 0 Å². The van der Waals surface area contributed by atoms with Crippen molar-refractivity contribution in [1.29, 1.82) is 5.26 Å². The van der Waals surface area contributed by atoms with Gasteiger partial charge < -0.3 is 4.74 Å². The molecule has 16 heavy (non-hydrogen) atoms. The zero-order valence-corrected chi connectivity index (χ0v) is 9.55. The van der Waals surface area contributed by atoms with Gasteiger partial charge in [0.2, 0.25) is 0 Å². The summed E-state index contributed by atoms with van der Waals surface area (Å²) in [6.45, 7) is 0. The Morgan fingerprint density at radius 1 is 1.38 bits per heavy atom. The van der Waals surface area contributed by atoms with Crippen LogP contribution in [0.5, 0.6) is 11.8 Å². The average molecular weight is 277 g/mol. The van der Waals surface area contributed by atoms with E-state index in [1.807, 2.05) is 6.07 Å². The number of halogens is 1. The number of pyridine rings is 1. The van der Waals surface area contributed by atoms with Crippen LogP contribution in [0.2, 0.25) is 0 Å². The van der Waals surface area contributed by atoms with Crippen LogP contribution in [0.25, 0.3) is 0 Å². The molecule has 0 radical (unpaired) electrons. The molecule has 78 valence electrons. The molecule has 2 rings (SSSR count). The van der Waals surface area contributed by atoms with Crippen LogP contribution in [0.1, 0.15) is 5.69 Å². The van der Waals surface area contributed by atoms with Crippen LogP contribution in [0.3, 0.4) is 0 Å². The Labute approximate surface area is 99.9 Å². The molecule has 0 N–H and O–H groups in total. The molecule has 0 atom stereocenters. The predicted molar refractivity (Wildman–Crippen MR) is 58.8 cm³/mol. The lowest BCUT2D eigenvalue weighted by Crippen LogP contribution is -1.93. The minimum absolute atomic E-state index is 0.124. The van der Waals surface area contributed by atoms with Crippen LogP contribution in [-0.2, 0) is 0 Å². The van der Waals surface area contributed by atoms with Crippen molar-refractivity contribution in [2.45, 2.75) is 0 Å². The quantitative estimate of drug-likeness (QED) is 0.842. The van der Waals surface area contributed by atoms with Gasteiger partial charge in [0, 0.05) is 16.9 Å². The van der Waals surface area contributed by atoms with Gasteiger partial charge in [0.05, 0.1) is 6.20 Å². The summed E-state index contributed by atoms with van der Waals surface area (Å²) in [5, 5.41) is 8.66. The van der Waals surface area contributed by atoms with Gasteiger partial charge in [0.1, 0.15) is 11.8 Å². The molecule has 0 aliphatic heterocycles. The van der Waals surface area contributed by atoms with Gasteiger partial charge in [0.15, 0.2) is 5.75 Å². The molecule has 0 bridgehead atoms. The zero-order valence-electron chi connectivity index (χ0n) is 7.96. The highest BCUT2D eigenvalue weighted by Gasteiger charge is 2.02. The van der Waals surface area contributed by atoms with Crippen molar-refractivity contribution in [3.8, 4) is 17.8 Å². The molecular formula is C10H5BrN4O. The van der Waals surface area contributed by atoms with E-state index in [9.17, 15) is 0 Å². The summed E-state index contributed by atoms with van der Waals surface area (Å²) in [5.41, 5.74) is 0.257. The Kier molecular flexibility index (Phi) is 3.08. The van der Waals surface area contributed by atoms with Crippen molar-refractivity contribution >= 4 is 15.9 Å². The second-order valence-electron chi connectivity index (χ2n) is 2.78. The van der Waals surface area contributed by atoms with Gasteiger partial charge in [-0.3, -0.25) is 4.98 Å². The molecule has 0 aromatic carbocycles. The molecule has 0 fully saturated rings. The maximum Gasteiger partial charge on any atom is 0.323 e. The molecule has 0 saturated carbocycles. The van der Waals surface area contributed by atoms with Gasteiger partial charge >= 0.3 is 6.01 Å². The highest BCUT2D eigenvalue weighted by Crippen LogP contribution is 2.20. The van der Waals surface area contributed by atoms with Crippen LogP contribution >= 0.6 is 15.9 Å². The molecule has 2 aromatic heterocycles. The van der Waals surface area contributed by atoms with Gasteiger partial charge in [-0.05, 0) is 28.1 Å². The van der Waals surface area contributed by atoms with Crippen molar-refractivity contribution in [1.82, 2.24) is 15.0 Å². The third kappa shape index (κ3) is 2.52. The predicted octanol–water partition coefficient (Wildman–Crippen LogP) is 2.30. The third-order valence-electron chi connectivity index (χ3n) is 1.64. The number of ether oxygens (including phenoxy) is 1. The standard InChI is InChI=1S/C10H5BrN4O/c11-7-3-9(6-13-5-7)16-10-14-2-1-8(4-12)15-10/h1-3,5-6H. The van der Waals surface area contributed by atoms with E-state index in [1.165, 1.54) is 18.5 Å². The van der Waals surface area contributed by atoms with Crippen molar-refractivity contribution < 1.29 is 4.74 Å². The fraction of sp³-hybridized carbons (Fsp3) is 0. The Morgan fingerprint density at radius 3 is 3.00 bits per heavy atom. The molecule has 2 aromatic rings. The summed E-state index contributed by atoms with van der Waals surface area (Å²) in [6, 6.07) is 5.27. The second-order valence-corrected chi connectivity index (χ2v) is 3.69. The fourth-order valence-corrected chi connectivity index (χ4v) is 1.35. The number of nitrogens with zero attached hydrogens (tertiary/aromatic N) is 4. The van der Waals surface area contributed by atoms with E-state index in [0.29, 0.717) is 5.75 Å². The Bertz CT molecular complexity index is 553. The first-order valence-corrected chi connectivity index (χ1v) is 5.09. The lowest BCUT2D eigenvalue weighted by molar-refractivity contribution is 0.439. The number of aromatic nitrogens is 3. The summed E-state index contributed by atoms with van der Waals surface area (Å²) >= 11 is 3.27. The molecule has 5 nitrogen and oxygen atoms in total. The number of rotatable bonds is 2. The highest BCUT2D eigenvalue weighted by atomic mass is 79.9. The van der Waals surface area contributed by atoms with E-state index in [4.69, 9.17) is 10.00 Å². The van der Waals surface area contributed by atoms with E-state index in [-0.39, 0.29) is 11.7 Å². The Hall–Kier alpha value is -2.00. The summed E-state index contributed by atoms with van der Waals surface area (Å²) < 4.78 is 6.13. The SMILES string of the molecule is N#Cc1ccnc(Oc2cncc(Br)c2)n1. The topological polar surface area (TPSA) is 71.7 Å². The van der Waals surface area contributed by atoms with Gasteiger partial charge in [-0.2, -0.15) is 10.2 Å². The summed E-state index contributed by atoms with van der Waals surface area (Å²) in [5.74, 6) is 0.504. The second kappa shape index (κ2) is 4.68. The third-order valence-corrected chi connectivity index (χ3v) is 2.07. The van der Waals surface area contributed by atoms with E-state index in [0.717, 1.165) is 4.47 Å². The smallest absolute Gasteiger partial charge is 0.323 e. The average Bonchev–Trinajstić information content (AvgIpc) is 2.29. The first-order chi connectivity index (χ1) is 7.78.